The Morgan fingerprint density at radius 3 is 2.55 bits per heavy atom. The molecule has 1 unspecified atom stereocenters. The Kier molecular flexibility index (Phi) is 4.31. The van der Waals surface area contributed by atoms with Crippen molar-refractivity contribution in [3.8, 4) is 0 Å². The Morgan fingerprint density at radius 1 is 1.45 bits per heavy atom. The first kappa shape index (κ1) is 15.9. The van der Waals surface area contributed by atoms with Gasteiger partial charge in [0.15, 0.2) is 0 Å². The molecule has 20 heavy (non-hydrogen) atoms. The van der Waals surface area contributed by atoms with Gasteiger partial charge in [0.2, 0.25) is 10.0 Å². The second kappa shape index (κ2) is 5.40. The van der Waals surface area contributed by atoms with Crippen molar-refractivity contribution in [2.45, 2.75) is 64.6 Å². The highest BCUT2D eigenvalue weighted by Gasteiger charge is 2.48. The summed E-state index contributed by atoms with van der Waals surface area (Å²) in [6.07, 6.45) is 0.912. The smallest absolute Gasteiger partial charge is 0.242 e. The maximum atomic E-state index is 12.6. The van der Waals surface area contributed by atoms with Gasteiger partial charge in [-0.05, 0) is 29.7 Å². The molecule has 1 aromatic heterocycles. The van der Waals surface area contributed by atoms with Gasteiger partial charge in [-0.3, -0.25) is 0 Å². The van der Waals surface area contributed by atoms with E-state index in [2.05, 4.69) is 37.7 Å². The van der Waals surface area contributed by atoms with Crippen molar-refractivity contribution in [3.63, 3.8) is 0 Å². The molecular weight excluding hydrogens is 292 g/mol. The first-order chi connectivity index (χ1) is 9.13. The van der Waals surface area contributed by atoms with Gasteiger partial charge in [0.25, 0.3) is 0 Å². The molecule has 0 spiro atoms. The highest BCUT2D eigenvalue weighted by molar-refractivity contribution is 7.89. The van der Waals surface area contributed by atoms with Gasteiger partial charge in [0, 0.05) is 23.5 Å². The summed E-state index contributed by atoms with van der Waals surface area (Å²) in [5.74, 6) is 0. The minimum absolute atomic E-state index is 0.0673. The Morgan fingerprint density at radius 2 is 2.05 bits per heavy atom. The van der Waals surface area contributed by atoms with Crippen LogP contribution in [0.3, 0.4) is 0 Å². The SMILES string of the molecule is Cc1csc(CNC(C)C)c1S(=O)(=O)NC1CC1(C)C. The number of hydrogen-bond acceptors (Lipinski definition) is 4. The monoisotopic (exact) mass is 316 g/mol. The van der Waals surface area contributed by atoms with Gasteiger partial charge in [0.05, 0.1) is 0 Å². The van der Waals surface area contributed by atoms with Gasteiger partial charge in [0.1, 0.15) is 4.90 Å². The topological polar surface area (TPSA) is 58.2 Å². The average Bonchev–Trinajstić information content (AvgIpc) is 2.70. The van der Waals surface area contributed by atoms with Crippen LogP contribution < -0.4 is 10.0 Å². The predicted molar refractivity (Wildman–Crippen MR) is 83.5 cm³/mol. The normalized spacial score (nSPS) is 21.4. The number of thiophene rings is 1. The number of aryl methyl sites for hydroxylation is 1. The van der Waals surface area contributed by atoms with Gasteiger partial charge >= 0.3 is 0 Å². The molecule has 0 bridgehead atoms. The van der Waals surface area contributed by atoms with Crippen LogP contribution in [-0.4, -0.2) is 20.5 Å². The first-order valence-electron chi connectivity index (χ1n) is 6.96. The van der Waals surface area contributed by atoms with Crippen LogP contribution in [0.5, 0.6) is 0 Å². The molecule has 0 amide bonds. The molecule has 4 nitrogen and oxygen atoms in total. The van der Waals surface area contributed by atoms with Gasteiger partial charge in [-0.25, -0.2) is 13.1 Å². The molecule has 1 heterocycles. The van der Waals surface area contributed by atoms with E-state index in [1.54, 1.807) is 0 Å². The summed E-state index contributed by atoms with van der Waals surface area (Å²) in [5, 5.41) is 5.21. The molecule has 1 aliphatic rings. The number of rotatable bonds is 6. The largest absolute Gasteiger partial charge is 0.310 e. The highest BCUT2D eigenvalue weighted by atomic mass is 32.2. The third kappa shape index (κ3) is 3.42. The molecule has 2 N–H and O–H groups in total. The molecule has 1 atom stereocenters. The van der Waals surface area contributed by atoms with Crippen molar-refractivity contribution >= 4 is 21.4 Å². The van der Waals surface area contributed by atoms with Crippen LogP contribution in [0.25, 0.3) is 0 Å². The highest BCUT2D eigenvalue weighted by Crippen LogP contribution is 2.45. The van der Waals surface area contributed by atoms with Crippen LogP contribution in [-0.2, 0) is 16.6 Å². The molecule has 1 aromatic rings. The third-order valence-corrected chi connectivity index (χ3v) is 6.67. The Hall–Kier alpha value is -0.430. The van der Waals surface area contributed by atoms with E-state index < -0.39 is 10.0 Å². The summed E-state index contributed by atoms with van der Waals surface area (Å²) in [5.41, 5.74) is 0.925. The summed E-state index contributed by atoms with van der Waals surface area (Å²) >= 11 is 1.51. The van der Waals surface area contributed by atoms with Gasteiger partial charge in [-0.15, -0.1) is 11.3 Å². The first-order valence-corrected chi connectivity index (χ1v) is 9.32. The predicted octanol–water partition coefficient (Wildman–Crippen LogP) is 2.63. The maximum Gasteiger partial charge on any atom is 0.242 e. The Bertz CT molecular complexity index is 588. The molecular formula is C14H24N2O2S2. The molecule has 0 aromatic carbocycles. The summed E-state index contributed by atoms with van der Waals surface area (Å²) in [6, 6.07) is 0.404. The Balaban J connectivity index is 2.20. The summed E-state index contributed by atoms with van der Waals surface area (Å²) < 4.78 is 28.0. The quantitative estimate of drug-likeness (QED) is 0.848. The number of hydrogen-bond donors (Lipinski definition) is 2. The van der Waals surface area contributed by atoms with Crippen molar-refractivity contribution in [1.82, 2.24) is 10.0 Å². The van der Waals surface area contributed by atoms with Crippen molar-refractivity contribution in [1.29, 1.82) is 0 Å². The molecule has 114 valence electrons. The van der Waals surface area contributed by atoms with Crippen LogP contribution in [0, 0.1) is 12.3 Å². The number of sulfonamides is 1. The minimum Gasteiger partial charge on any atom is -0.310 e. The lowest BCUT2D eigenvalue weighted by atomic mass is 10.2. The van der Waals surface area contributed by atoms with E-state index >= 15 is 0 Å². The standard InChI is InChI=1S/C14H24N2O2S2/c1-9(2)15-7-11-13(10(3)8-19-11)20(17,18)16-12-6-14(12,4)5/h8-9,12,15-16H,6-7H2,1-5H3. The van der Waals surface area contributed by atoms with E-state index in [4.69, 9.17) is 0 Å². The van der Waals surface area contributed by atoms with Crippen LogP contribution >= 0.6 is 11.3 Å². The number of nitrogens with one attached hydrogen (secondary N) is 2. The lowest BCUT2D eigenvalue weighted by molar-refractivity contribution is 0.551. The van der Waals surface area contributed by atoms with Crippen LogP contribution in [0.15, 0.2) is 10.3 Å². The Labute approximate surface area is 126 Å². The minimum atomic E-state index is -3.41. The fourth-order valence-corrected chi connectivity index (χ4v) is 5.35. The van der Waals surface area contributed by atoms with Crippen LogP contribution in [0.4, 0.5) is 0 Å². The van der Waals surface area contributed by atoms with Crippen molar-refractivity contribution < 1.29 is 8.42 Å². The van der Waals surface area contributed by atoms with Crippen molar-refractivity contribution in [2.24, 2.45) is 5.41 Å². The maximum absolute atomic E-state index is 12.6. The molecule has 1 saturated carbocycles. The summed E-state index contributed by atoms with van der Waals surface area (Å²) in [6.45, 7) is 10.7. The summed E-state index contributed by atoms with van der Waals surface area (Å²) in [7, 11) is -3.41. The lowest BCUT2D eigenvalue weighted by Gasteiger charge is -2.12. The lowest BCUT2D eigenvalue weighted by Crippen LogP contribution is -2.30. The molecule has 0 saturated heterocycles. The van der Waals surface area contributed by atoms with E-state index in [0.717, 1.165) is 16.9 Å². The molecule has 6 heteroatoms. The second-order valence-corrected chi connectivity index (χ2v) is 9.19. The van der Waals surface area contributed by atoms with E-state index in [1.165, 1.54) is 11.3 Å². The van der Waals surface area contributed by atoms with Crippen molar-refractivity contribution in [2.75, 3.05) is 0 Å². The zero-order chi connectivity index (χ0) is 15.1. The molecule has 1 fully saturated rings. The zero-order valence-corrected chi connectivity index (χ0v) is 14.4. The van der Waals surface area contributed by atoms with Crippen LogP contribution in [0.1, 0.15) is 44.6 Å². The van der Waals surface area contributed by atoms with E-state index in [0.29, 0.717) is 17.5 Å². The molecule has 2 rings (SSSR count). The van der Waals surface area contributed by atoms with Gasteiger partial charge in [-0.1, -0.05) is 27.7 Å². The van der Waals surface area contributed by atoms with Gasteiger partial charge in [-0.2, -0.15) is 0 Å². The fraction of sp³-hybridized carbons (Fsp3) is 0.714. The summed E-state index contributed by atoms with van der Waals surface area (Å²) in [4.78, 5) is 1.36. The average molecular weight is 316 g/mol. The van der Waals surface area contributed by atoms with Crippen molar-refractivity contribution in [3.05, 3.63) is 15.8 Å². The molecule has 0 aliphatic heterocycles. The van der Waals surface area contributed by atoms with Crippen LogP contribution in [0.2, 0.25) is 0 Å². The van der Waals surface area contributed by atoms with Gasteiger partial charge < -0.3 is 5.32 Å². The third-order valence-electron chi connectivity index (χ3n) is 3.74. The second-order valence-electron chi connectivity index (χ2n) is 6.57. The van der Waals surface area contributed by atoms with E-state index in [1.807, 2.05) is 12.3 Å². The fourth-order valence-electron chi connectivity index (χ4n) is 2.18. The van der Waals surface area contributed by atoms with E-state index in [-0.39, 0.29) is 11.5 Å². The molecule has 1 aliphatic carbocycles. The zero-order valence-electron chi connectivity index (χ0n) is 12.8. The molecule has 0 radical (unpaired) electrons. The van der Waals surface area contributed by atoms with E-state index in [9.17, 15) is 8.42 Å².